The largest absolute Gasteiger partial charge is 0.383 e. The third-order valence-electron chi connectivity index (χ3n) is 3.70. The van der Waals surface area contributed by atoms with Crippen molar-refractivity contribution in [3.05, 3.63) is 23.4 Å². The number of nitrogens with two attached hydrogens (primary N) is 2. The summed E-state index contributed by atoms with van der Waals surface area (Å²) in [5.41, 5.74) is 10.5. The fraction of sp³-hybridized carbons (Fsp3) is 0.583. The van der Waals surface area contributed by atoms with E-state index in [2.05, 4.69) is 10.4 Å². The highest BCUT2D eigenvalue weighted by molar-refractivity contribution is 5.44. The highest BCUT2D eigenvalue weighted by atomic mass is 16.5. The molecule has 5 nitrogen and oxygen atoms in total. The van der Waals surface area contributed by atoms with Crippen LogP contribution in [0, 0.1) is 6.92 Å². The molecule has 1 atom stereocenters. The lowest BCUT2D eigenvalue weighted by molar-refractivity contribution is -0.0998. The Morgan fingerprint density at radius 2 is 2.24 bits per heavy atom. The van der Waals surface area contributed by atoms with Crippen LogP contribution in [0.4, 0.5) is 5.82 Å². The summed E-state index contributed by atoms with van der Waals surface area (Å²) in [6.07, 6.45) is 4.90. The molecule has 5 N–H and O–H groups in total. The highest BCUT2D eigenvalue weighted by Gasteiger charge is 2.45. The fourth-order valence-corrected chi connectivity index (χ4v) is 2.49. The third-order valence-corrected chi connectivity index (χ3v) is 3.70. The van der Waals surface area contributed by atoms with Gasteiger partial charge in [-0.25, -0.2) is 10.4 Å². The number of anilines is 1. The number of aromatic nitrogens is 1. The second kappa shape index (κ2) is 4.60. The number of hydrogen-bond donors (Lipinski definition) is 3. The van der Waals surface area contributed by atoms with E-state index in [-0.39, 0.29) is 11.6 Å². The zero-order valence-electron chi connectivity index (χ0n) is 10.4. The molecular weight excluding hydrogens is 216 g/mol. The van der Waals surface area contributed by atoms with Crippen LogP contribution < -0.4 is 17.0 Å². The third kappa shape index (κ3) is 2.01. The molecule has 1 aromatic rings. The number of methoxy groups -OCH3 is 1. The average Bonchev–Trinajstić information content (AvgIpc) is 2.27. The van der Waals surface area contributed by atoms with Crippen molar-refractivity contribution >= 4 is 5.82 Å². The topological polar surface area (TPSA) is 86.2 Å². The van der Waals surface area contributed by atoms with Gasteiger partial charge in [0.05, 0.1) is 11.6 Å². The fourth-order valence-electron chi connectivity index (χ4n) is 2.49. The summed E-state index contributed by atoms with van der Waals surface area (Å²) >= 11 is 0. The van der Waals surface area contributed by atoms with Gasteiger partial charge in [0.1, 0.15) is 5.82 Å². The number of pyridine rings is 1. The first kappa shape index (κ1) is 12.3. The van der Waals surface area contributed by atoms with Crippen molar-refractivity contribution in [2.45, 2.75) is 37.8 Å². The molecule has 0 aliphatic heterocycles. The molecule has 0 radical (unpaired) electrons. The molecule has 0 spiro atoms. The first-order valence-corrected chi connectivity index (χ1v) is 5.86. The van der Waals surface area contributed by atoms with Gasteiger partial charge in [0, 0.05) is 18.9 Å². The van der Waals surface area contributed by atoms with E-state index in [1.807, 2.05) is 13.0 Å². The summed E-state index contributed by atoms with van der Waals surface area (Å²) in [5.74, 6) is 6.20. The molecule has 1 fully saturated rings. The lowest BCUT2D eigenvalue weighted by Crippen LogP contribution is -2.52. The SMILES string of the molecule is COC1(C(NN)c2cc(C)cnc2N)CCC1. The Balaban J connectivity index is 2.37. The van der Waals surface area contributed by atoms with Gasteiger partial charge in [-0.15, -0.1) is 0 Å². The molecule has 1 aromatic heterocycles. The second-order valence-corrected chi connectivity index (χ2v) is 4.71. The van der Waals surface area contributed by atoms with E-state index in [4.69, 9.17) is 16.3 Å². The van der Waals surface area contributed by atoms with Crippen LogP contribution >= 0.6 is 0 Å². The Bertz CT molecular complexity index is 398. The monoisotopic (exact) mass is 236 g/mol. The van der Waals surface area contributed by atoms with E-state index in [1.54, 1.807) is 13.3 Å². The van der Waals surface area contributed by atoms with E-state index >= 15 is 0 Å². The predicted octanol–water partition coefficient (Wildman–Crippen LogP) is 1.05. The molecule has 2 rings (SSSR count). The molecule has 5 heteroatoms. The average molecular weight is 236 g/mol. The van der Waals surface area contributed by atoms with E-state index in [1.165, 1.54) is 0 Å². The first-order valence-electron chi connectivity index (χ1n) is 5.86. The Labute approximate surface area is 102 Å². The number of ether oxygens (including phenoxy) is 1. The summed E-state index contributed by atoms with van der Waals surface area (Å²) in [6.45, 7) is 1.99. The molecule has 1 aliphatic rings. The van der Waals surface area contributed by atoms with Gasteiger partial charge in [0.15, 0.2) is 0 Å². The summed E-state index contributed by atoms with van der Waals surface area (Å²) in [7, 11) is 1.73. The molecule has 1 aliphatic carbocycles. The number of rotatable bonds is 4. The smallest absolute Gasteiger partial charge is 0.128 e. The Morgan fingerprint density at radius 3 is 2.71 bits per heavy atom. The van der Waals surface area contributed by atoms with Crippen LogP contribution in [0.15, 0.2) is 12.3 Å². The Hall–Kier alpha value is -1.17. The van der Waals surface area contributed by atoms with Crippen LogP contribution in [0.2, 0.25) is 0 Å². The van der Waals surface area contributed by atoms with Crippen molar-refractivity contribution in [1.29, 1.82) is 0 Å². The normalized spacial score (nSPS) is 19.7. The van der Waals surface area contributed by atoms with Crippen LogP contribution in [0.3, 0.4) is 0 Å². The number of nitrogens with zero attached hydrogens (tertiary/aromatic N) is 1. The van der Waals surface area contributed by atoms with Gasteiger partial charge in [0.2, 0.25) is 0 Å². The van der Waals surface area contributed by atoms with Crippen LogP contribution in [0.1, 0.15) is 36.4 Å². The maximum atomic E-state index is 5.93. The van der Waals surface area contributed by atoms with Gasteiger partial charge in [-0.1, -0.05) is 0 Å². The number of hydrazine groups is 1. The standard InChI is InChI=1S/C12H20N4O/c1-8-6-9(11(13)15-7-8)10(16-14)12(17-2)4-3-5-12/h6-7,10,16H,3-5,14H2,1-2H3,(H2,13,15). The number of nitrogens with one attached hydrogen (secondary N) is 1. The van der Waals surface area contributed by atoms with E-state index < -0.39 is 0 Å². The van der Waals surface area contributed by atoms with Gasteiger partial charge in [-0.05, 0) is 37.8 Å². The first-order chi connectivity index (χ1) is 8.13. The molecular formula is C12H20N4O. The molecule has 17 heavy (non-hydrogen) atoms. The maximum Gasteiger partial charge on any atom is 0.128 e. The maximum absolute atomic E-state index is 5.93. The predicted molar refractivity (Wildman–Crippen MR) is 67.0 cm³/mol. The van der Waals surface area contributed by atoms with E-state index in [0.717, 1.165) is 30.4 Å². The minimum Gasteiger partial charge on any atom is -0.383 e. The molecule has 0 saturated heterocycles. The zero-order chi connectivity index (χ0) is 12.5. The van der Waals surface area contributed by atoms with Crippen LogP contribution in [-0.2, 0) is 4.74 Å². The Kier molecular flexibility index (Phi) is 3.33. The van der Waals surface area contributed by atoms with Crippen LogP contribution in [-0.4, -0.2) is 17.7 Å². The Morgan fingerprint density at radius 1 is 1.53 bits per heavy atom. The van der Waals surface area contributed by atoms with Crippen LogP contribution in [0.25, 0.3) is 0 Å². The van der Waals surface area contributed by atoms with E-state index in [9.17, 15) is 0 Å². The van der Waals surface area contributed by atoms with Crippen molar-refractivity contribution in [2.75, 3.05) is 12.8 Å². The van der Waals surface area contributed by atoms with Crippen molar-refractivity contribution in [3.63, 3.8) is 0 Å². The molecule has 1 unspecified atom stereocenters. The van der Waals surface area contributed by atoms with Crippen LogP contribution in [0.5, 0.6) is 0 Å². The molecule has 94 valence electrons. The van der Waals surface area contributed by atoms with Gasteiger partial charge in [-0.2, -0.15) is 0 Å². The summed E-state index contributed by atoms with van der Waals surface area (Å²) in [6, 6.07) is 1.92. The van der Waals surface area contributed by atoms with Crippen molar-refractivity contribution in [2.24, 2.45) is 5.84 Å². The minimum absolute atomic E-state index is 0.103. The van der Waals surface area contributed by atoms with Gasteiger partial charge >= 0.3 is 0 Å². The lowest BCUT2D eigenvalue weighted by Gasteiger charge is -2.46. The second-order valence-electron chi connectivity index (χ2n) is 4.71. The van der Waals surface area contributed by atoms with Crippen molar-refractivity contribution in [1.82, 2.24) is 10.4 Å². The summed E-state index contributed by atoms with van der Waals surface area (Å²) in [4.78, 5) is 4.18. The van der Waals surface area contributed by atoms with Gasteiger partial charge < -0.3 is 10.5 Å². The number of nitrogen functional groups attached to an aromatic ring is 1. The molecule has 1 saturated carbocycles. The molecule has 0 amide bonds. The number of aryl methyl sites for hydroxylation is 1. The molecule has 0 aromatic carbocycles. The van der Waals surface area contributed by atoms with E-state index in [0.29, 0.717) is 5.82 Å². The van der Waals surface area contributed by atoms with Crippen molar-refractivity contribution < 1.29 is 4.74 Å². The molecule has 0 bridgehead atoms. The summed E-state index contributed by atoms with van der Waals surface area (Å²) < 4.78 is 5.65. The zero-order valence-corrected chi connectivity index (χ0v) is 10.4. The quantitative estimate of drug-likeness (QED) is 0.537. The highest BCUT2D eigenvalue weighted by Crippen LogP contribution is 2.45. The van der Waals surface area contributed by atoms with Crippen molar-refractivity contribution in [3.8, 4) is 0 Å². The lowest BCUT2D eigenvalue weighted by atomic mass is 9.72. The number of hydrogen-bond acceptors (Lipinski definition) is 5. The molecule has 1 heterocycles. The minimum atomic E-state index is -0.238. The van der Waals surface area contributed by atoms with Gasteiger partial charge in [0.25, 0.3) is 0 Å². The summed E-state index contributed by atoms with van der Waals surface area (Å²) in [5, 5.41) is 0. The van der Waals surface area contributed by atoms with Gasteiger partial charge in [-0.3, -0.25) is 5.84 Å².